The zero-order valence-corrected chi connectivity index (χ0v) is 18.1. The highest BCUT2D eigenvalue weighted by molar-refractivity contribution is 7.98. The van der Waals surface area contributed by atoms with Crippen LogP contribution in [0.2, 0.25) is 0 Å². The molecule has 1 amide bonds. The summed E-state index contributed by atoms with van der Waals surface area (Å²) in [7, 11) is 0. The summed E-state index contributed by atoms with van der Waals surface area (Å²) in [4.78, 5) is 31.5. The first-order valence-electron chi connectivity index (χ1n) is 9.69. The molecule has 0 aliphatic rings. The predicted molar refractivity (Wildman–Crippen MR) is 118 cm³/mol. The van der Waals surface area contributed by atoms with Gasteiger partial charge in [-0.05, 0) is 37.8 Å². The molecule has 0 N–H and O–H groups in total. The van der Waals surface area contributed by atoms with Crippen molar-refractivity contribution in [3.05, 3.63) is 78.1 Å². The Morgan fingerprint density at radius 1 is 1.07 bits per heavy atom. The summed E-state index contributed by atoms with van der Waals surface area (Å²) in [5, 5.41) is 0.673. The maximum Gasteiger partial charge on any atom is 0.357 e. The van der Waals surface area contributed by atoms with Crippen LogP contribution in [0.3, 0.4) is 0 Å². The number of esters is 1. The van der Waals surface area contributed by atoms with Gasteiger partial charge in [-0.1, -0.05) is 60.3 Å². The molecule has 0 aliphatic carbocycles. The maximum absolute atomic E-state index is 12.8. The SMILES string of the molecule is CSc1ncc(C(=O)OCC(=O)N(Cc2ccccc2)C(C)C)n1-c1ccccc1. The third-order valence-corrected chi connectivity index (χ3v) is 5.25. The lowest BCUT2D eigenvalue weighted by atomic mass is 10.2. The van der Waals surface area contributed by atoms with E-state index in [-0.39, 0.29) is 24.2 Å². The molecule has 0 saturated heterocycles. The van der Waals surface area contributed by atoms with Crippen molar-refractivity contribution < 1.29 is 14.3 Å². The minimum Gasteiger partial charge on any atom is -0.451 e. The van der Waals surface area contributed by atoms with Gasteiger partial charge < -0.3 is 9.64 Å². The largest absolute Gasteiger partial charge is 0.451 e. The van der Waals surface area contributed by atoms with Crippen LogP contribution in [0.4, 0.5) is 0 Å². The summed E-state index contributed by atoms with van der Waals surface area (Å²) in [5.74, 6) is -0.818. The Hall–Kier alpha value is -3.06. The average molecular weight is 424 g/mol. The topological polar surface area (TPSA) is 64.4 Å². The minimum absolute atomic E-state index is 0.0191. The van der Waals surface area contributed by atoms with E-state index in [1.165, 1.54) is 18.0 Å². The molecular formula is C23H25N3O3S. The zero-order chi connectivity index (χ0) is 21.5. The molecule has 0 fully saturated rings. The van der Waals surface area contributed by atoms with Crippen LogP contribution >= 0.6 is 11.8 Å². The van der Waals surface area contributed by atoms with E-state index in [0.717, 1.165) is 11.3 Å². The second kappa shape index (κ2) is 10.1. The number of carbonyl (C=O) groups excluding carboxylic acids is 2. The molecule has 0 atom stereocenters. The lowest BCUT2D eigenvalue weighted by Crippen LogP contribution is -2.39. The summed E-state index contributed by atoms with van der Waals surface area (Å²) in [6.45, 7) is 4.03. The van der Waals surface area contributed by atoms with Gasteiger partial charge in [-0.15, -0.1) is 0 Å². The maximum atomic E-state index is 12.8. The van der Waals surface area contributed by atoms with E-state index in [1.54, 1.807) is 9.47 Å². The van der Waals surface area contributed by atoms with Crippen molar-refractivity contribution in [2.75, 3.05) is 12.9 Å². The Kier molecular flexibility index (Phi) is 7.30. The third kappa shape index (κ3) is 5.10. The quantitative estimate of drug-likeness (QED) is 0.402. The molecule has 1 heterocycles. The van der Waals surface area contributed by atoms with Crippen molar-refractivity contribution in [1.29, 1.82) is 0 Å². The molecule has 0 radical (unpaired) electrons. The normalized spacial score (nSPS) is 10.8. The first-order valence-corrected chi connectivity index (χ1v) is 10.9. The number of thioether (sulfide) groups is 1. The number of nitrogens with zero attached hydrogens (tertiary/aromatic N) is 3. The van der Waals surface area contributed by atoms with Gasteiger partial charge in [-0.3, -0.25) is 9.36 Å². The summed E-state index contributed by atoms with van der Waals surface area (Å²) in [6.07, 6.45) is 3.38. The van der Waals surface area contributed by atoms with Crippen LogP contribution in [0.5, 0.6) is 0 Å². The fraction of sp³-hybridized carbons (Fsp3) is 0.261. The van der Waals surface area contributed by atoms with Crippen LogP contribution in [0.1, 0.15) is 29.9 Å². The van der Waals surface area contributed by atoms with Crippen LogP contribution in [0.25, 0.3) is 5.69 Å². The number of benzene rings is 2. The van der Waals surface area contributed by atoms with Crippen molar-refractivity contribution in [1.82, 2.24) is 14.5 Å². The molecule has 3 rings (SSSR count). The van der Waals surface area contributed by atoms with E-state index in [0.29, 0.717) is 11.7 Å². The van der Waals surface area contributed by atoms with Gasteiger partial charge in [-0.2, -0.15) is 0 Å². The van der Waals surface area contributed by atoms with Crippen LogP contribution in [-0.4, -0.2) is 45.2 Å². The second-order valence-corrected chi connectivity index (χ2v) is 7.75. The van der Waals surface area contributed by atoms with Crippen molar-refractivity contribution in [3.8, 4) is 5.69 Å². The molecule has 156 valence electrons. The Bertz CT molecular complexity index is 987. The molecule has 6 nitrogen and oxygen atoms in total. The standard InChI is InChI=1S/C23H25N3O3S/c1-17(2)25(15-18-10-6-4-7-11-18)21(27)16-29-22(28)20-14-24-23(30-3)26(20)19-12-8-5-9-13-19/h4-14,17H,15-16H2,1-3H3. The summed E-state index contributed by atoms with van der Waals surface area (Å²) >= 11 is 1.43. The average Bonchev–Trinajstić information content (AvgIpc) is 3.21. The Balaban J connectivity index is 1.72. The molecule has 0 spiro atoms. The van der Waals surface area contributed by atoms with Crippen LogP contribution in [0, 0.1) is 0 Å². The van der Waals surface area contributed by atoms with Gasteiger partial charge >= 0.3 is 5.97 Å². The van der Waals surface area contributed by atoms with E-state index >= 15 is 0 Å². The first-order chi connectivity index (χ1) is 14.5. The molecule has 3 aromatic rings. The Labute approximate surface area is 180 Å². The van der Waals surface area contributed by atoms with Gasteiger partial charge in [-0.25, -0.2) is 9.78 Å². The van der Waals surface area contributed by atoms with Crippen molar-refractivity contribution in [2.45, 2.75) is 31.6 Å². The third-order valence-electron chi connectivity index (χ3n) is 4.60. The molecular weight excluding hydrogens is 398 g/mol. The monoisotopic (exact) mass is 423 g/mol. The van der Waals surface area contributed by atoms with Gasteiger partial charge in [0.15, 0.2) is 17.5 Å². The smallest absolute Gasteiger partial charge is 0.357 e. The molecule has 7 heteroatoms. The molecule has 1 aromatic heterocycles. The second-order valence-electron chi connectivity index (χ2n) is 6.98. The highest BCUT2D eigenvalue weighted by Gasteiger charge is 2.22. The van der Waals surface area contributed by atoms with Gasteiger partial charge in [0.05, 0.1) is 6.20 Å². The molecule has 30 heavy (non-hydrogen) atoms. The highest BCUT2D eigenvalue weighted by Crippen LogP contribution is 2.22. The van der Waals surface area contributed by atoms with Crippen molar-refractivity contribution in [2.24, 2.45) is 0 Å². The Morgan fingerprint density at radius 3 is 2.30 bits per heavy atom. The number of carbonyl (C=O) groups is 2. The minimum atomic E-state index is -0.580. The number of amides is 1. The van der Waals surface area contributed by atoms with Gasteiger partial charge in [0.2, 0.25) is 0 Å². The fourth-order valence-corrected chi connectivity index (χ4v) is 3.62. The number of aromatic nitrogens is 2. The number of hydrogen-bond acceptors (Lipinski definition) is 5. The molecule has 0 unspecified atom stereocenters. The number of imidazole rings is 1. The summed E-state index contributed by atoms with van der Waals surface area (Å²) in [5.41, 5.74) is 2.13. The van der Waals surface area contributed by atoms with E-state index < -0.39 is 5.97 Å². The number of hydrogen-bond donors (Lipinski definition) is 0. The van der Waals surface area contributed by atoms with Crippen molar-refractivity contribution in [3.63, 3.8) is 0 Å². The van der Waals surface area contributed by atoms with Gasteiger partial charge in [0.25, 0.3) is 5.91 Å². The molecule has 0 bridgehead atoms. The number of para-hydroxylation sites is 1. The molecule has 2 aromatic carbocycles. The van der Waals surface area contributed by atoms with E-state index in [9.17, 15) is 9.59 Å². The summed E-state index contributed by atoms with van der Waals surface area (Å²) in [6, 6.07) is 19.2. The van der Waals surface area contributed by atoms with Gasteiger partial charge in [0.1, 0.15) is 0 Å². The fourth-order valence-electron chi connectivity index (χ4n) is 3.07. The van der Waals surface area contributed by atoms with Crippen molar-refractivity contribution >= 4 is 23.6 Å². The van der Waals surface area contributed by atoms with E-state index in [4.69, 9.17) is 4.74 Å². The highest BCUT2D eigenvalue weighted by atomic mass is 32.2. The molecule has 0 saturated carbocycles. The van der Waals surface area contributed by atoms with Crippen LogP contribution < -0.4 is 0 Å². The lowest BCUT2D eigenvalue weighted by molar-refractivity contribution is -0.136. The van der Waals surface area contributed by atoms with Gasteiger partial charge in [0, 0.05) is 18.3 Å². The first kappa shape index (κ1) is 21.6. The molecule has 0 aliphatic heterocycles. The zero-order valence-electron chi connectivity index (χ0n) is 17.3. The Morgan fingerprint density at radius 2 is 1.70 bits per heavy atom. The number of rotatable bonds is 8. The number of ether oxygens (including phenoxy) is 1. The van der Waals surface area contributed by atoms with Crippen LogP contribution in [-0.2, 0) is 16.1 Å². The predicted octanol–water partition coefficient (Wildman–Crippen LogP) is 4.19. The van der Waals surface area contributed by atoms with E-state index in [1.807, 2.05) is 80.8 Å². The lowest BCUT2D eigenvalue weighted by Gasteiger charge is -2.26. The van der Waals surface area contributed by atoms with Crippen LogP contribution in [0.15, 0.2) is 72.0 Å². The summed E-state index contributed by atoms with van der Waals surface area (Å²) < 4.78 is 7.12. The van der Waals surface area contributed by atoms with E-state index in [2.05, 4.69) is 4.98 Å².